The predicted molar refractivity (Wildman–Crippen MR) is 120 cm³/mol. The van der Waals surface area contributed by atoms with E-state index in [1.54, 1.807) is 13.0 Å². The topological polar surface area (TPSA) is 81.0 Å². The number of rotatable bonds is 5. The van der Waals surface area contributed by atoms with Gasteiger partial charge in [-0.3, -0.25) is 4.79 Å². The fraction of sp³-hybridized carbons (Fsp3) is 0.333. The van der Waals surface area contributed by atoms with Gasteiger partial charge in [0.1, 0.15) is 17.2 Å². The van der Waals surface area contributed by atoms with E-state index in [0.717, 1.165) is 18.2 Å². The van der Waals surface area contributed by atoms with Crippen molar-refractivity contribution < 1.29 is 27.5 Å². The largest absolute Gasteiger partial charge is 0.465 e. The molecule has 1 aliphatic rings. The Morgan fingerprint density at radius 2 is 1.91 bits per heavy atom. The Labute approximate surface area is 188 Å². The number of hydrogen-bond acceptors (Lipinski definition) is 7. The minimum absolute atomic E-state index is 0.00274. The zero-order valence-electron chi connectivity index (χ0n) is 18.5. The molecule has 1 N–H and O–H groups in total. The second-order valence-corrected chi connectivity index (χ2v) is 8.02. The van der Waals surface area contributed by atoms with Gasteiger partial charge in [-0.05, 0) is 38.1 Å². The van der Waals surface area contributed by atoms with Crippen LogP contribution in [0.5, 0.6) is 0 Å². The number of nitrogens with zero attached hydrogens (tertiary/aromatic N) is 1. The number of methoxy groups -OCH3 is 1. The van der Waals surface area contributed by atoms with E-state index in [1.807, 2.05) is 11.8 Å². The predicted octanol–water partition coefficient (Wildman–Crippen LogP) is 4.26. The summed E-state index contributed by atoms with van der Waals surface area (Å²) in [4.78, 5) is 27.2. The second kappa shape index (κ2) is 9.19. The summed E-state index contributed by atoms with van der Waals surface area (Å²) in [7, 11) is 1.24. The van der Waals surface area contributed by atoms with Gasteiger partial charge in [-0.2, -0.15) is 0 Å². The van der Waals surface area contributed by atoms with Crippen LogP contribution in [0.2, 0.25) is 0 Å². The smallest absolute Gasteiger partial charge is 0.337 e. The van der Waals surface area contributed by atoms with Crippen LogP contribution in [0, 0.1) is 11.6 Å². The van der Waals surface area contributed by atoms with Crippen LogP contribution in [-0.4, -0.2) is 38.9 Å². The minimum atomic E-state index is -0.729. The summed E-state index contributed by atoms with van der Waals surface area (Å²) in [5.41, 5.74) is 0.801. The van der Waals surface area contributed by atoms with E-state index in [9.17, 15) is 18.4 Å². The maximum atomic E-state index is 13.7. The highest BCUT2D eigenvalue weighted by Gasteiger charge is 2.24. The molecule has 7 nitrogen and oxygen atoms in total. The third-order valence-corrected chi connectivity index (χ3v) is 5.63. The van der Waals surface area contributed by atoms with Gasteiger partial charge in [-0.15, -0.1) is 0 Å². The van der Waals surface area contributed by atoms with Crippen molar-refractivity contribution in [3.05, 3.63) is 69.4 Å². The molecule has 0 aliphatic carbocycles. The van der Waals surface area contributed by atoms with Crippen LogP contribution in [0.4, 0.5) is 20.4 Å². The monoisotopic (exact) mass is 458 g/mol. The average molecular weight is 458 g/mol. The van der Waals surface area contributed by atoms with E-state index in [2.05, 4.69) is 5.32 Å². The molecule has 9 heteroatoms. The zero-order valence-corrected chi connectivity index (χ0v) is 18.5. The summed E-state index contributed by atoms with van der Waals surface area (Å²) in [5.74, 6) is -1.69. The number of nitrogens with one attached hydrogen (secondary N) is 1. The maximum Gasteiger partial charge on any atom is 0.337 e. The Morgan fingerprint density at radius 3 is 2.58 bits per heavy atom. The SMILES string of the molecule is COC(=O)c1cc(C(C)Nc2cc(F)cc(F)c2)c2oc(N3CCOCC3C)cc(=O)c2c1. The first-order chi connectivity index (χ1) is 15.8. The molecule has 2 heterocycles. The normalized spacial score (nSPS) is 17.1. The third-order valence-electron chi connectivity index (χ3n) is 5.63. The van der Waals surface area contributed by atoms with Gasteiger partial charge in [0.25, 0.3) is 0 Å². The molecular formula is C24H24F2N2O5. The van der Waals surface area contributed by atoms with Gasteiger partial charge in [-0.25, -0.2) is 13.6 Å². The lowest BCUT2D eigenvalue weighted by Gasteiger charge is -2.33. The number of carbonyl (C=O) groups excluding carboxylic acids is 1. The lowest BCUT2D eigenvalue weighted by atomic mass is 10.0. The molecule has 4 rings (SSSR count). The van der Waals surface area contributed by atoms with Crippen LogP contribution in [0.15, 0.2) is 45.6 Å². The molecule has 1 aliphatic heterocycles. The molecule has 2 aromatic carbocycles. The minimum Gasteiger partial charge on any atom is -0.465 e. The Bertz CT molecular complexity index is 1240. The Balaban J connectivity index is 1.85. The molecule has 33 heavy (non-hydrogen) atoms. The Hall–Kier alpha value is -3.46. The summed E-state index contributed by atoms with van der Waals surface area (Å²) in [6.45, 7) is 5.26. The first-order valence-corrected chi connectivity index (χ1v) is 10.5. The summed E-state index contributed by atoms with van der Waals surface area (Å²) >= 11 is 0. The van der Waals surface area contributed by atoms with Crippen LogP contribution in [-0.2, 0) is 9.47 Å². The second-order valence-electron chi connectivity index (χ2n) is 8.02. The van der Waals surface area contributed by atoms with Gasteiger partial charge in [0.05, 0.1) is 43.4 Å². The highest BCUT2D eigenvalue weighted by atomic mass is 19.1. The summed E-state index contributed by atoms with van der Waals surface area (Å²) in [6.07, 6.45) is 0. The van der Waals surface area contributed by atoms with E-state index in [1.165, 1.54) is 19.2 Å². The number of benzene rings is 2. The Morgan fingerprint density at radius 1 is 1.18 bits per heavy atom. The van der Waals surface area contributed by atoms with Crippen LogP contribution in [0.3, 0.4) is 0 Å². The maximum absolute atomic E-state index is 13.7. The summed E-state index contributed by atoms with van der Waals surface area (Å²) in [6, 6.07) is 6.90. The molecule has 0 spiro atoms. The number of morpholine rings is 1. The number of ether oxygens (including phenoxy) is 2. The van der Waals surface area contributed by atoms with Gasteiger partial charge in [-0.1, -0.05) is 0 Å². The molecule has 1 aromatic heterocycles. The van der Waals surface area contributed by atoms with Gasteiger partial charge >= 0.3 is 5.97 Å². The van der Waals surface area contributed by atoms with E-state index in [0.29, 0.717) is 31.2 Å². The van der Waals surface area contributed by atoms with Gasteiger partial charge in [0.15, 0.2) is 11.3 Å². The lowest BCUT2D eigenvalue weighted by molar-refractivity contribution is 0.0600. The summed E-state index contributed by atoms with van der Waals surface area (Å²) < 4.78 is 43.8. The van der Waals surface area contributed by atoms with Crippen LogP contribution in [0.1, 0.15) is 35.8 Å². The quantitative estimate of drug-likeness (QED) is 0.573. The number of carbonyl (C=O) groups is 1. The van der Waals surface area contributed by atoms with Crippen molar-refractivity contribution in [2.24, 2.45) is 0 Å². The van der Waals surface area contributed by atoms with Crippen molar-refractivity contribution in [1.82, 2.24) is 0 Å². The first-order valence-electron chi connectivity index (χ1n) is 10.5. The number of halogens is 2. The van der Waals surface area contributed by atoms with Crippen molar-refractivity contribution in [2.45, 2.75) is 25.9 Å². The molecule has 0 bridgehead atoms. The van der Waals surface area contributed by atoms with Gasteiger partial charge in [0, 0.05) is 29.9 Å². The van der Waals surface area contributed by atoms with E-state index >= 15 is 0 Å². The standard InChI is InChI=1S/C24H24F2N2O5/c1-13-12-32-5-4-28(13)22-11-21(29)20-7-15(24(30)31-3)6-19(23(20)33-22)14(2)27-18-9-16(25)8-17(26)10-18/h6-11,13-14,27H,4-5,12H2,1-3H3. The van der Waals surface area contributed by atoms with E-state index in [4.69, 9.17) is 13.9 Å². The molecule has 174 valence electrons. The van der Waals surface area contributed by atoms with Gasteiger partial charge in [0.2, 0.25) is 0 Å². The fourth-order valence-electron chi connectivity index (χ4n) is 3.99. The molecule has 1 saturated heterocycles. The van der Waals surface area contributed by atoms with Crippen LogP contribution < -0.4 is 15.6 Å². The summed E-state index contributed by atoms with van der Waals surface area (Å²) in [5, 5.41) is 3.22. The zero-order chi connectivity index (χ0) is 23.7. The number of hydrogen-bond donors (Lipinski definition) is 1. The number of esters is 1. The van der Waals surface area contributed by atoms with Gasteiger partial charge < -0.3 is 24.1 Å². The highest BCUT2D eigenvalue weighted by molar-refractivity contribution is 5.95. The Kier molecular flexibility index (Phi) is 6.33. The lowest BCUT2D eigenvalue weighted by Crippen LogP contribution is -2.44. The molecule has 2 atom stereocenters. The van der Waals surface area contributed by atoms with Crippen molar-refractivity contribution in [3.8, 4) is 0 Å². The molecule has 0 saturated carbocycles. The molecule has 2 unspecified atom stereocenters. The average Bonchev–Trinajstić information content (AvgIpc) is 2.77. The third kappa shape index (κ3) is 4.68. The van der Waals surface area contributed by atoms with E-state index in [-0.39, 0.29) is 33.7 Å². The van der Waals surface area contributed by atoms with Crippen molar-refractivity contribution in [2.75, 3.05) is 37.1 Å². The first kappa shape index (κ1) is 22.7. The van der Waals surface area contributed by atoms with Crippen molar-refractivity contribution in [3.63, 3.8) is 0 Å². The van der Waals surface area contributed by atoms with Crippen LogP contribution >= 0.6 is 0 Å². The molecule has 0 amide bonds. The number of fused-ring (bicyclic) bond motifs is 1. The molecule has 3 aromatic rings. The molecular weight excluding hydrogens is 434 g/mol. The fourth-order valence-corrected chi connectivity index (χ4v) is 3.99. The highest BCUT2D eigenvalue weighted by Crippen LogP contribution is 2.31. The molecule has 0 radical (unpaired) electrons. The number of anilines is 2. The van der Waals surface area contributed by atoms with Crippen LogP contribution in [0.25, 0.3) is 11.0 Å². The molecule has 1 fully saturated rings. The van der Waals surface area contributed by atoms with Crippen molar-refractivity contribution >= 4 is 28.5 Å². The van der Waals surface area contributed by atoms with Crippen molar-refractivity contribution in [1.29, 1.82) is 0 Å². The van der Waals surface area contributed by atoms with E-state index < -0.39 is 23.6 Å².